The fourth-order valence-electron chi connectivity index (χ4n) is 3.16. The third-order valence-corrected chi connectivity index (χ3v) is 5.74. The average Bonchev–Trinajstić information content (AvgIpc) is 3.18. The lowest BCUT2D eigenvalue weighted by molar-refractivity contribution is -0.116. The number of benzene rings is 1. The number of H-pyrrole nitrogens is 1. The molecule has 0 atom stereocenters. The summed E-state index contributed by atoms with van der Waals surface area (Å²) in [6, 6.07) is 11.5. The highest BCUT2D eigenvalue weighted by molar-refractivity contribution is 7.13. The molecule has 0 saturated heterocycles. The Kier molecular flexibility index (Phi) is 5.10. The number of rotatable bonds is 8. The lowest BCUT2D eigenvalue weighted by Gasteiger charge is -2.06. The number of aromatic amines is 1. The number of hydrogen-bond acceptors (Lipinski definition) is 7. The summed E-state index contributed by atoms with van der Waals surface area (Å²) in [5, 5.41) is 16.2. The highest BCUT2D eigenvalue weighted by Crippen LogP contribution is 2.38. The van der Waals surface area contributed by atoms with E-state index in [-0.39, 0.29) is 5.91 Å². The van der Waals surface area contributed by atoms with Crippen molar-refractivity contribution in [2.75, 3.05) is 5.32 Å². The van der Waals surface area contributed by atoms with Crippen LogP contribution in [-0.4, -0.2) is 31.2 Å². The molecule has 8 nitrogen and oxygen atoms in total. The molecule has 1 aliphatic carbocycles. The second-order valence-electron chi connectivity index (χ2n) is 7.29. The summed E-state index contributed by atoms with van der Waals surface area (Å²) >= 11 is 1.56. The molecule has 1 aromatic carbocycles. The van der Waals surface area contributed by atoms with Crippen LogP contribution in [0.2, 0.25) is 0 Å². The molecule has 3 aromatic heterocycles. The number of carbonyl (C=O) groups is 1. The number of hydrogen-bond donors (Lipinski definition) is 2. The van der Waals surface area contributed by atoms with E-state index in [0.717, 1.165) is 22.0 Å². The summed E-state index contributed by atoms with van der Waals surface area (Å²) in [6.07, 6.45) is 3.90. The second kappa shape index (κ2) is 8.19. The van der Waals surface area contributed by atoms with Gasteiger partial charge in [0, 0.05) is 30.0 Å². The van der Waals surface area contributed by atoms with Gasteiger partial charge in [0.25, 0.3) is 0 Å². The fraction of sp³-hybridized carbons (Fsp3) is 0.286. The molecule has 4 aromatic rings. The van der Waals surface area contributed by atoms with Gasteiger partial charge in [-0.3, -0.25) is 9.89 Å². The van der Waals surface area contributed by atoms with E-state index in [1.54, 1.807) is 11.3 Å². The van der Waals surface area contributed by atoms with E-state index in [0.29, 0.717) is 42.7 Å². The Hall–Kier alpha value is -3.33. The normalized spacial score (nSPS) is 13.5. The molecule has 30 heavy (non-hydrogen) atoms. The van der Waals surface area contributed by atoms with Gasteiger partial charge in [0.1, 0.15) is 5.82 Å². The van der Waals surface area contributed by atoms with Crippen LogP contribution in [-0.2, 0) is 11.2 Å². The van der Waals surface area contributed by atoms with Gasteiger partial charge < -0.3 is 9.84 Å². The van der Waals surface area contributed by atoms with Crippen LogP contribution in [0, 0.1) is 0 Å². The first-order chi connectivity index (χ1) is 14.7. The second-order valence-corrected chi connectivity index (χ2v) is 8.24. The molecular weight excluding hydrogens is 400 g/mol. The topological polar surface area (TPSA) is 110 Å². The quantitative estimate of drug-likeness (QED) is 0.437. The average molecular weight is 420 g/mol. The van der Waals surface area contributed by atoms with Crippen molar-refractivity contribution in [3.8, 4) is 22.1 Å². The zero-order valence-electron chi connectivity index (χ0n) is 16.2. The molecule has 0 radical (unpaired) electrons. The van der Waals surface area contributed by atoms with Crippen molar-refractivity contribution in [3.63, 3.8) is 0 Å². The molecule has 152 valence electrons. The largest absolute Gasteiger partial charge is 0.339 e. The van der Waals surface area contributed by atoms with Crippen LogP contribution in [0.1, 0.15) is 43.3 Å². The predicted octanol–water partition coefficient (Wildman–Crippen LogP) is 4.42. The Balaban J connectivity index is 1.14. The summed E-state index contributed by atoms with van der Waals surface area (Å²) in [4.78, 5) is 22.2. The van der Waals surface area contributed by atoms with Gasteiger partial charge >= 0.3 is 0 Å². The lowest BCUT2D eigenvalue weighted by Crippen LogP contribution is -2.11. The molecular formula is C21H20N6O2S. The number of aryl methyl sites for hydroxylation is 1. The van der Waals surface area contributed by atoms with Crippen LogP contribution in [0.15, 0.2) is 46.3 Å². The predicted molar refractivity (Wildman–Crippen MR) is 113 cm³/mol. The van der Waals surface area contributed by atoms with Crippen LogP contribution >= 0.6 is 11.3 Å². The van der Waals surface area contributed by atoms with E-state index >= 15 is 0 Å². The van der Waals surface area contributed by atoms with Crippen molar-refractivity contribution >= 4 is 22.9 Å². The highest BCUT2D eigenvalue weighted by atomic mass is 32.1. The molecule has 0 bridgehead atoms. The number of nitrogens with zero attached hydrogens (tertiary/aromatic N) is 4. The van der Waals surface area contributed by atoms with E-state index in [9.17, 15) is 4.79 Å². The third kappa shape index (κ3) is 4.30. The number of carbonyl (C=O) groups excluding carboxylic acids is 1. The minimum atomic E-state index is -0.0567. The smallest absolute Gasteiger partial charge is 0.226 e. The maximum Gasteiger partial charge on any atom is 0.226 e. The monoisotopic (exact) mass is 420 g/mol. The Morgan fingerprint density at radius 3 is 2.97 bits per heavy atom. The first kappa shape index (κ1) is 18.7. The van der Waals surface area contributed by atoms with E-state index < -0.39 is 0 Å². The van der Waals surface area contributed by atoms with Crippen LogP contribution in [0.5, 0.6) is 0 Å². The number of nitrogens with one attached hydrogen (secondary N) is 2. The standard InChI is InChI=1S/C21H20N6O2S/c28-17(7-2-8-18-23-21(27-29-18)16-6-3-11-30-16)22-15-5-1-4-14(12-15)20-24-19(25-26-20)13-9-10-13/h1,3-6,11-13H,2,7-10H2,(H,22,28)(H,24,25,26). The van der Waals surface area contributed by atoms with E-state index in [2.05, 4.69) is 30.6 Å². The lowest BCUT2D eigenvalue weighted by atomic mass is 10.1. The van der Waals surface area contributed by atoms with Crippen molar-refractivity contribution in [2.24, 2.45) is 0 Å². The molecule has 1 aliphatic rings. The first-order valence-corrected chi connectivity index (χ1v) is 10.8. The van der Waals surface area contributed by atoms with Gasteiger partial charge in [-0.05, 0) is 42.8 Å². The van der Waals surface area contributed by atoms with Crippen LogP contribution in [0.25, 0.3) is 22.1 Å². The zero-order chi connectivity index (χ0) is 20.3. The van der Waals surface area contributed by atoms with Crippen molar-refractivity contribution in [1.29, 1.82) is 0 Å². The Bertz CT molecular complexity index is 1150. The minimum Gasteiger partial charge on any atom is -0.339 e. The molecule has 0 spiro atoms. The van der Waals surface area contributed by atoms with Crippen LogP contribution in [0.4, 0.5) is 5.69 Å². The van der Waals surface area contributed by atoms with Crippen LogP contribution < -0.4 is 5.32 Å². The summed E-state index contributed by atoms with van der Waals surface area (Å²) < 4.78 is 5.27. The van der Waals surface area contributed by atoms with Crippen molar-refractivity contribution in [3.05, 3.63) is 53.5 Å². The molecule has 0 unspecified atom stereocenters. The van der Waals surface area contributed by atoms with Gasteiger partial charge in [-0.15, -0.1) is 11.3 Å². The van der Waals surface area contributed by atoms with E-state index in [1.165, 1.54) is 12.8 Å². The van der Waals surface area contributed by atoms with Gasteiger partial charge in [0.15, 0.2) is 5.82 Å². The number of anilines is 1. The number of thiophene rings is 1. The molecule has 9 heteroatoms. The summed E-state index contributed by atoms with van der Waals surface area (Å²) in [5.41, 5.74) is 1.61. The molecule has 2 N–H and O–H groups in total. The van der Waals surface area contributed by atoms with Gasteiger partial charge in [-0.25, -0.2) is 4.98 Å². The highest BCUT2D eigenvalue weighted by Gasteiger charge is 2.27. The summed E-state index contributed by atoms with van der Waals surface area (Å²) in [5.74, 6) is 3.21. The maximum atomic E-state index is 12.3. The summed E-state index contributed by atoms with van der Waals surface area (Å²) in [7, 11) is 0. The van der Waals surface area contributed by atoms with Gasteiger partial charge in [-0.1, -0.05) is 23.4 Å². The number of aromatic nitrogens is 5. The zero-order valence-corrected chi connectivity index (χ0v) is 17.0. The summed E-state index contributed by atoms with van der Waals surface area (Å²) in [6.45, 7) is 0. The van der Waals surface area contributed by atoms with Crippen molar-refractivity contribution in [2.45, 2.75) is 38.0 Å². The Labute approximate surface area is 176 Å². The van der Waals surface area contributed by atoms with Gasteiger partial charge in [0.05, 0.1) is 4.88 Å². The van der Waals surface area contributed by atoms with Crippen molar-refractivity contribution < 1.29 is 9.32 Å². The van der Waals surface area contributed by atoms with E-state index in [4.69, 9.17) is 4.52 Å². The SMILES string of the molecule is O=C(CCCc1nc(-c2cccs2)no1)Nc1cccc(-c2n[nH]c(C3CC3)n2)c1. The Morgan fingerprint density at radius 1 is 1.20 bits per heavy atom. The fourth-order valence-corrected chi connectivity index (χ4v) is 3.81. The molecule has 1 saturated carbocycles. The molecule has 1 amide bonds. The first-order valence-electron chi connectivity index (χ1n) is 9.93. The molecule has 1 fully saturated rings. The Morgan fingerprint density at radius 2 is 2.13 bits per heavy atom. The maximum absolute atomic E-state index is 12.3. The van der Waals surface area contributed by atoms with E-state index in [1.807, 2.05) is 41.8 Å². The minimum absolute atomic E-state index is 0.0567. The number of amides is 1. The van der Waals surface area contributed by atoms with Gasteiger partial charge in [-0.2, -0.15) is 10.1 Å². The van der Waals surface area contributed by atoms with Gasteiger partial charge in [0.2, 0.25) is 17.6 Å². The van der Waals surface area contributed by atoms with Crippen LogP contribution in [0.3, 0.4) is 0 Å². The molecule has 3 heterocycles. The molecule has 0 aliphatic heterocycles. The van der Waals surface area contributed by atoms with Crippen molar-refractivity contribution in [1.82, 2.24) is 25.3 Å². The molecule has 5 rings (SSSR count). The third-order valence-electron chi connectivity index (χ3n) is 4.88.